The van der Waals surface area contributed by atoms with Crippen LogP contribution in [0.3, 0.4) is 0 Å². The summed E-state index contributed by atoms with van der Waals surface area (Å²) >= 11 is 0. The van der Waals surface area contributed by atoms with Gasteiger partial charge < -0.3 is 4.42 Å². The normalized spacial score (nSPS) is 31.6. The lowest BCUT2D eigenvalue weighted by Crippen LogP contribution is -2.17. The second-order valence-electron chi connectivity index (χ2n) is 4.55. The number of hydrogen-bond donors (Lipinski definition) is 0. The third kappa shape index (κ3) is 1.68. The first-order valence-corrected chi connectivity index (χ1v) is 5.16. The molecule has 1 heterocycles. The Balaban J connectivity index is 2.12. The van der Waals surface area contributed by atoms with Crippen LogP contribution in [0, 0.1) is 22.7 Å². The molecule has 1 fully saturated rings. The van der Waals surface area contributed by atoms with Crippen LogP contribution in [-0.2, 0) is 6.42 Å². The summed E-state index contributed by atoms with van der Waals surface area (Å²) in [5.41, 5.74) is 1.03. The molecule has 0 aliphatic heterocycles. The summed E-state index contributed by atoms with van der Waals surface area (Å²) in [6.07, 6.45) is 7.54. The van der Waals surface area contributed by atoms with Crippen molar-refractivity contribution >= 4 is 0 Å². The van der Waals surface area contributed by atoms with Gasteiger partial charge in [0.05, 0.1) is 24.0 Å². The highest BCUT2D eigenvalue weighted by Crippen LogP contribution is 2.43. The van der Waals surface area contributed by atoms with Gasteiger partial charge in [-0.25, -0.2) is 0 Å². The van der Waals surface area contributed by atoms with E-state index in [9.17, 15) is 5.26 Å². The molecule has 0 saturated heterocycles. The van der Waals surface area contributed by atoms with Crippen molar-refractivity contribution in [2.75, 3.05) is 0 Å². The highest BCUT2D eigenvalue weighted by Gasteiger charge is 2.37. The third-order valence-corrected chi connectivity index (χ3v) is 3.21. The molecule has 14 heavy (non-hydrogen) atoms. The molecule has 0 aromatic carbocycles. The predicted molar refractivity (Wildman–Crippen MR) is 53.5 cm³/mol. The van der Waals surface area contributed by atoms with Gasteiger partial charge in [0.2, 0.25) is 0 Å². The minimum Gasteiger partial charge on any atom is -0.472 e. The Labute approximate surface area is 84.5 Å². The van der Waals surface area contributed by atoms with E-state index >= 15 is 0 Å². The minimum atomic E-state index is -0.122. The molecule has 1 aliphatic carbocycles. The third-order valence-electron chi connectivity index (χ3n) is 3.21. The number of nitrogens with zero attached hydrogens (tertiary/aromatic N) is 1. The van der Waals surface area contributed by atoms with E-state index in [0.717, 1.165) is 24.8 Å². The van der Waals surface area contributed by atoms with Gasteiger partial charge >= 0.3 is 0 Å². The van der Waals surface area contributed by atoms with Crippen LogP contribution in [0.4, 0.5) is 0 Å². The molecule has 0 N–H and O–H groups in total. The van der Waals surface area contributed by atoms with Gasteiger partial charge in [-0.1, -0.05) is 6.92 Å². The number of furan rings is 1. The summed E-state index contributed by atoms with van der Waals surface area (Å²) in [6, 6.07) is 4.46. The van der Waals surface area contributed by atoms with Gasteiger partial charge in [0.1, 0.15) is 0 Å². The molecule has 74 valence electrons. The maximum atomic E-state index is 9.25. The minimum absolute atomic E-state index is 0.122. The van der Waals surface area contributed by atoms with Crippen molar-refractivity contribution in [1.29, 1.82) is 5.26 Å². The Kier molecular flexibility index (Phi) is 2.33. The first-order valence-electron chi connectivity index (χ1n) is 5.16. The highest BCUT2D eigenvalue weighted by molar-refractivity contribution is 5.15. The molecule has 1 aliphatic rings. The summed E-state index contributed by atoms with van der Waals surface area (Å²) in [7, 11) is 0. The molecular formula is C12H15NO. The molecule has 0 bridgehead atoms. The monoisotopic (exact) mass is 189 g/mol. The fraction of sp³-hybridized carbons (Fsp3) is 0.583. The summed E-state index contributed by atoms with van der Waals surface area (Å²) in [4.78, 5) is 0. The molecular weight excluding hydrogens is 174 g/mol. The molecule has 1 saturated carbocycles. The number of rotatable bonds is 2. The van der Waals surface area contributed by atoms with Gasteiger partial charge in [0.15, 0.2) is 0 Å². The van der Waals surface area contributed by atoms with E-state index in [-0.39, 0.29) is 5.41 Å². The lowest BCUT2D eigenvalue weighted by atomic mass is 9.81. The van der Waals surface area contributed by atoms with E-state index in [4.69, 9.17) is 4.42 Å². The van der Waals surface area contributed by atoms with Crippen LogP contribution in [0.1, 0.15) is 31.7 Å². The molecule has 2 rings (SSSR count). The Morgan fingerprint density at radius 3 is 3.07 bits per heavy atom. The zero-order valence-corrected chi connectivity index (χ0v) is 8.49. The fourth-order valence-electron chi connectivity index (χ4n) is 2.48. The van der Waals surface area contributed by atoms with Gasteiger partial charge in [-0.15, -0.1) is 0 Å². The van der Waals surface area contributed by atoms with Gasteiger partial charge in [-0.2, -0.15) is 5.26 Å². The van der Waals surface area contributed by atoms with Crippen LogP contribution < -0.4 is 0 Å². The van der Waals surface area contributed by atoms with Crippen molar-refractivity contribution < 1.29 is 4.42 Å². The number of hydrogen-bond acceptors (Lipinski definition) is 2. The van der Waals surface area contributed by atoms with Gasteiger partial charge in [-0.3, -0.25) is 0 Å². The molecule has 1 aromatic heterocycles. The van der Waals surface area contributed by atoms with E-state index in [2.05, 4.69) is 13.0 Å². The smallest absolute Gasteiger partial charge is 0.0935 e. The Morgan fingerprint density at radius 2 is 2.57 bits per heavy atom. The first-order chi connectivity index (χ1) is 6.74. The van der Waals surface area contributed by atoms with E-state index in [1.165, 1.54) is 6.42 Å². The van der Waals surface area contributed by atoms with Gasteiger partial charge in [0.25, 0.3) is 0 Å². The Hall–Kier alpha value is -1.23. The van der Waals surface area contributed by atoms with Crippen LogP contribution in [0.25, 0.3) is 0 Å². The van der Waals surface area contributed by atoms with Crippen LogP contribution in [-0.4, -0.2) is 0 Å². The van der Waals surface area contributed by atoms with Crippen molar-refractivity contribution in [2.24, 2.45) is 11.3 Å². The van der Waals surface area contributed by atoms with Crippen molar-refractivity contribution in [2.45, 2.75) is 32.6 Å². The Morgan fingerprint density at radius 1 is 1.71 bits per heavy atom. The van der Waals surface area contributed by atoms with Crippen LogP contribution in [0.5, 0.6) is 0 Å². The largest absolute Gasteiger partial charge is 0.472 e. The molecule has 2 unspecified atom stereocenters. The van der Waals surface area contributed by atoms with Crippen molar-refractivity contribution in [1.82, 2.24) is 0 Å². The summed E-state index contributed by atoms with van der Waals surface area (Å²) < 4.78 is 5.03. The van der Waals surface area contributed by atoms with E-state index in [0.29, 0.717) is 5.92 Å². The average molecular weight is 189 g/mol. The highest BCUT2D eigenvalue weighted by atomic mass is 16.3. The van der Waals surface area contributed by atoms with Crippen molar-refractivity contribution in [3.63, 3.8) is 0 Å². The van der Waals surface area contributed by atoms with Gasteiger partial charge in [-0.05, 0) is 43.2 Å². The fourth-order valence-corrected chi connectivity index (χ4v) is 2.48. The summed E-state index contributed by atoms with van der Waals surface area (Å²) in [5.74, 6) is 0.696. The second kappa shape index (κ2) is 3.49. The van der Waals surface area contributed by atoms with Gasteiger partial charge in [0, 0.05) is 0 Å². The van der Waals surface area contributed by atoms with Crippen LogP contribution in [0.15, 0.2) is 23.0 Å². The summed E-state index contributed by atoms with van der Waals surface area (Å²) in [6.45, 7) is 2.23. The topological polar surface area (TPSA) is 36.9 Å². The summed E-state index contributed by atoms with van der Waals surface area (Å²) in [5, 5.41) is 9.25. The van der Waals surface area contributed by atoms with E-state index < -0.39 is 0 Å². The lowest BCUT2D eigenvalue weighted by molar-refractivity contribution is 0.389. The maximum Gasteiger partial charge on any atom is 0.0935 e. The molecule has 1 aromatic rings. The lowest BCUT2D eigenvalue weighted by Gasteiger charge is -2.19. The average Bonchev–Trinajstić information content (AvgIpc) is 2.77. The molecule has 0 spiro atoms. The van der Waals surface area contributed by atoms with Crippen LogP contribution >= 0.6 is 0 Å². The molecule has 2 atom stereocenters. The molecule has 0 amide bonds. The molecule has 0 radical (unpaired) electrons. The zero-order chi connectivity index (χ0) is 10.0. The maximum absolute atomic E-state index is 9.25. The van der Waals surface area contributed by atoms with Crippen molar-refractivity contribution in [3.05, 3.63) is 24.2 Å². The van der Waals surface area contributed by atoms with Crippen LogP contribution in [0.2, 0.25) is 0 Å². The first kappa shape index (κ1) is 9.33. The standard InChI is InChI=1S/C12H15NO/c1-10-2-4-12(6-10,9-13)7-11-3-5-14-8-11/h3,5,8,10H,2,4,6-7H2,1H3. The molecule has 2 heteroatoms. The second-order valence-corrected chi connectivity index (χ2v) is 4.55. The molecule has 2 nitrogen and oxygen atoms in total. The predicted octanol–water partition coefficient (Wildman–Crippen LogP) is 3.15. The van der Waals surface area contributed by atoms with E-state index in [1.54, 1.807) is 12.5 Å². The zero-order valence-electron chi connectivity index (χ0n) is 8.49. The quantitative estimate of drug-likeness (QED) is 0.716. The Bertz CT molecular complexity index is 336. The SMILES string of the molecule is CC1CCC(C#N)(Cc2ccoc2)C1. The van der Waals surface area contributed by atoms with E-state index in [1.807, 2.05) is 6.07 Å². The van der Waals surface area contributed by atoms with Crippen molar-refractivity contribution in [3.8, 4) is 6.07 Å². The number of nitriles is 1.